The maximum Gasteiger partial charge on any atom is 0.361 e. The first-order valence-electron chi connectivity index (χ1n) is 14.5. The molecule has 0 N–H and O–H groups in total. The van der Waals surface area contributed by atoms with Gasteiger partial charge in [-0.25, -0.2) is 0 Å². The first kappa shape index (κ1) is 31.4. The van der Waals surface area contributed by atoms with Crippen LogP contribution < -0.4 is 5.30 Å². The van der Waals surface area contributed by atoms with E-state index in [2.05, 4.69) is 27.7 Å². The van der Waals surface area contributed by atoms with E-state index >= 15 is 0 Å². The molecule has 0 spiro atoms. The van der Waals surface area contributed by atoms with E-state index in [0.29, 0.717) is 30.4 Å². The Labute approximate surface area is 212 Å². The smallest absolute Gasteiger partial charge is 0.305 e. The van der Waals surface area contributed by atoms with Gasteiger partial charge in [-0.05, 0) is 49.7 Å². The lowest BCUT2D eigenvalue weighted by molar-refractivity contribution is 0.153. The second-order valence-electron chi connectivity index (χ2n) is 10.1. The zero-order chi connectivity index (χ0) is 24.9. The minimum atomic E-state index is -3.33. The quantitative estimate of drug-likeness (QED) is 0.112. The van der Waals surface area contributed by atoms with Gasteiger partial charge in [-0.1, -0.05) is 123 Å². The SMILES string of the molecule is CCCCCCC(CCCC)COP(=O)(OCC(CCCC)CCCCCC)c1ccccc1. The van der Waals surface area contributed by atoms with Crippen molar-refractivity contribution in [3.8, 4) is 0 Å². The minimum absolute atomic E-state index is 0.461. The molecule has 0 saturated carbocycles. The predicted octanol–water partition coefficient (Wildman–Crippen LogP) is 10.1. The molecule has 198 valence electrons. The lowest BCUT2D eigenvalue weighted by Crippen LogP contribution is -2.18. The van der Waals surface area contributed by atoms with Gasteiger partial charge in [0.25, 0.3) is 0 Å². The van der Waals surface area contributed by atoms with Crippen LogP contribution in [-0.2, 0) is 13.6 Å². The Bertz CT molecular complexity index is 587. The second kappa shape index (κ2) is 20.6. The highest BCUT2D eigenvalue weighted by Gasteiger charge is 2.30. The molecule has 0 aliphatic heterocycles. The summed E-state index contributed by atoms with van der Waals surface area (Å²) < 4.78 is 26.6. The van der Waals surface area contributed by atoms with Crippen LogP contribution in [0.4, 0.5) is 0 Å². The Hall–Kier alpha value is -0.630. The van der Waals surface area contributed by atoms with Crippen LogP contribution in [0.3, 0.4) is 0 Å². The molecule has 1 aromatic rings. The molecular formula is C30H55O3P. The summed E-state index contributed by atoms with van der Waals surface area (Å²) in [4.78, 5) is 0. The van der Waals surface area contributed by atoms with Gasteiger partial charge >= 0.3 is 7.60 Å². The van der Waals surface area contributed by atoms with Crippen LogP contribution in [0.25, 0.3) is 0 Å². The van der Waals surface area contributed by atoms with Crippen molar-refractivity contribution >= 4 is 12.9 Å². The number of unbranched alkanes of at least 4 members (excludes halogenated alkanes) is 8. The molecule has 3 nitrogen and oxygen atoms in total. The van der Waals surface area contributed by atoms with Crippen molar-refractivity contribution in [3.63, 3.8) is 0 Å². The molecule has 0 saturated heterocycles. The average molecular weight is 495 g/mol. The van der Waals surface area contributed by atoms with Crippen LogP contribution in [0, 0.1) is 11.8 Å². The van der Waals surface area contributed by atoms with Crippen LogP contribution in [0.2, 0.25) is 0 Å². The third-order valence-electron chi connectivity index (χ3n) is 6.90. The van der Waals surface area contributed by atoms with Crippen molar-refractivity contribution in [3.05, 3.63) is 30.3 Å². The van der Waals surface area contributed by atoms with Gasteiger partial charge < -0.3 is 9.05 Å². The van der Waals surface area contributed by atoms with E-state index in [1.807, 2.05) is 30.3 Å². The largest absolute Gasteiger partial charge is 0.361 e. The van der Waals surface area contributed by atoms with Gasteiger partial charge in [-0.2, -0.15) is 0 Å². The fraction of sp³-hybridized carbons (Fsp3) is 0.800. The number of rotatable bonds is 23. The van der Waals surface area contributed by atoms with Crippen LogP contribution >= 0.6 is 7.60 Å². The van der Waals surface area contributed by atoms with E-state index in [1.54, 1.807) is 0 Å². The fourth-order valence-electron chi connectivity index (χ4n) is 4.53. The molecule has 4 heteroatoms. The van der Waals surface area contributed by atoms with Crippen molar-refractivity contribution < 1.29 is 13.6 Å². The van der Waals surface area contributed by atoms with Crippen molar-refractivity contribution in [1.82, 2.24) is 0 Å². The summed E-state index contributed by atoms with van der Waals surface area (Å²) in [7, 11) is -3.33. The van der Waals surface area contributed by atoms with Gasteiger partial charge in [0.15, 0.2) is 0 Å². The van der Waals surface area contributed by atoms with Gasteiger partial charge in [0, 0.05) is 0 Å². The molecule has 34 heavy (non-hydrogen) atoms. The molecule has 0 aliphatic carbocycles. The van der Waals surface area contributed by atoms with Crippen LogP contribution in [0.15, 0.2) is 30.3 Å². The van der Waals surface area contributed by atoms with Crippen molar-refractivity contribution in [2.45, 2.75) is 130 Å². The molecule has 0 aromatic heterocycles. The first-order chi connectivity index (χ1) is 16.6. The maximum absolute atomic E-state index is 14.1. The van der Waals surface area contributed by atoms with E-state index in [4.69, 9.17) is 9.05 Å². The summed E-state index contributed by atoms with van der Waals surface area (Å²) in [5.41, 5.74) is 0. The summed E-state index contributed by atoms with van der Waals surface area (Å²) in [6.07, 6.45) is 19.5. The van der Waals surface area contributed by atoms with E-state index in [-0.39, 0.29) is 0 Å². The molecule has 0 bridgehead atoms. The summed E-state index contributed by atoms with van der Waals surface area (Å²) >= 11 is 0. The zero-order valence-electron chi connectivity index (χ0n) is 22.9. The third kappa shape index (κ3) is 14.1. The van der Waals surface area contributed by atoms with Gasteiger partial charge in [0.1, 0.15) is 0 Å². The Morgan fingerprint density at radius 2 is 1.00 bits per heavy atom. The molecule has 0 fully saturated rings. The normalized spacial score (nSPS) is 15.2. The number of hydrogen-bond donors (Lipinski definition) is 0. The summed E-state index contributed by atoms with van der Waals surface area (Å²) in [6, 6.07) is 9.65. The molecular weight excluding hydrogens is 439 g/mol. The third-order valence-corrected chi connectivity index (χ3v) is 8.81. The molecule has 1 aromatic carbocycles. The standard InChI is InChI=1S/C30H55O3P/c1-5-9-13-16-22-28(20-11-7-3)26-32-34(31,30-24-18-15-19-25-30)33-27-29(21-12-8-4)23-17-14-10-6-2/h15,18-19,24-25,28-29H,5-14,16-17,20-23,26-27H2,1-4H3. The zero-order valence-corrected chi connectivity index (χ0v) is 23.8. The van der Waals surface area contributed by atoms with E-state index < -0.39 is 7.60 Å². The highest BCUT2D eigenvalue weighted by atomic mass is 31.2. The van der Waals surface area contributed by atoms with Crippen molar-refractivity contribution in [2.24, 2.45) is 11.8 Å². The first-order valence-corrected chi connectivity index (χ1v) is 16.1. The van der Waals surface area contributed by atoms with Gasteiger partial charge in [0.2, 0.25) is 0 Å². The lowest BCUT2D eigenvalue weighted by Gasteiger charge is -2.25. The molecule has 2 atom stereocenters. The van der Waals surface area contributed by atoms with Gasteiger partial charge in [-0.15, -0.1) is 0 Å². The maximum atomic E-state index is 14.1. The highest BCUT2D eigenvalue weighted by molar-refractivity contribution is 7.62. The molecule has 1 rings (SSSR count). The monoisotopic (exact) mass is 494 g/mol. The Balaban J connectivity index is 2.82. The summed E-state index contributed by atoms with van der Waals surface area (Å²) in [6.45, 7) is 10.1. The van der Waals surface area contributed by atoms with Crippen molar-refractivity contribution in [1.29, 1.82) is 0 Å². The van der Waals surface area contributed by atoms with E-state index in [0.717, 1.165) is 25.7 Å². The van der Waals surface area contributed by atoms with Gasteiger partial charge in [0.05, 0.1) is 18.5 Å². The Morgan fingerprint density at radius 3 is 1.41 bits per heavy atom. The van der Waals surface area contributed by atoms with Crippen LogP contribution in [-0.4, -0.2) is 13.2 Å². The second-order valence-corrected chi connectivity index (χ2v) is 12.2. The topological polar surface area (TPSA) is 35.5 Å². The highest BCUT2D eigenvalue weighted by Crippen LogP contribution is 2.48. The number of hydrogen-bond acceptors (Lipinski definition) is 3. The van der Waals surface area contributed by atoms with E-state index in [1.165, 1.54) is 77.0 Å². The van der Waals surface area contributed by atoms with Gasteiger partial charge in [-0.3, -0.25) is 4.57 Å². The minimum Gasteiger partial charge on any atom is -0.305 e. The molecule has 0 radical (unpaired) electrons. The Morgan fingerprint density at radius 1 is 0.588 bits per heavy atom. The molecule has 0 amide bonds. The van der Waals surface area contributed by atoms with Crippen LogP contribution in [0.1, 0.15) is 130 Å². The van der Waals surface area contributed by atoms with E-state index in [9.17, 15) is 4.57 Å². The molecule has 0 heterocycles. The fourth-order valence-corrected chi connectivity index (χ4v) is 6.26. The average Bonchev–Trinajstić information content (AvgIpc) is 2.87. The Kier molecular flexibility index (Phi) is 19.0. The lowest BCUT2D eigenvalue weighted by atomic mass is 9.96. The molecule has 0 aliphatic rings. The van der Waals surface area contributed by atoms with Crippen molar-refractivity contribution in [2.75, 3.05) is 13.2 Å². The summed E-state index contributed by atoms with van der Waals surface area (Å²) in [5, 5.41) is 0.704. The molecule has 2 unspecified atom stereocenters. The predicted molar refractivity (Wildman–Crippen MR) is 149 cm³/mol. The number of benzene rings is 1. The van der Waals surface area contributed by atoms with Crippen LogP contribution in [0.5, 0.6) is 0 Å². The summed E-state index contributed by atoms with van der Waals surface area (Å²) in [5.74, 6) is 0.921.